The number of halogens is 1. The number of rotatable bonds is 7. The molecule has 1 aromatic carbocycles. The predicted molar refractivity (Wildman–Crippen MR) is 118 cm³/mol. The minimum absolute atomic E-state index is 0.0467. The predicted octanol–water partition coefficient (Wildman–Crippen LogP) is 2.62. The van der Waals surface area contributed by atoms with Crippen molar-refractivity contribution in [3.05, 3.63) is 53.6 Å². The third kappa shape index (κ3) is 4.49. The van der Waals surface area contributed by atoms with Crippen LogP contribution in [0.15, 0.2) is 36.7 Å². The Kier molecular flexibility index (Phi) is 6.10. The number of anilines is 1. The molecule has 2 aliphatic rings. The zero-order valence-corrected chi connectivity index (χ0v) is 18.2. The van der Waals surface area contributed by atoms with E-state index < -0.39 is 5.97 Å². The van der Waals surface area contributed by atoms with E-state index in [-0.39, 0.29) is 23.1 Å². The molecule has 1 N–H and O–H groups in total. The molecule has 1 unspecified atom stereocenters. The summed E-state index contributed by atoms with van der Waals surface area (Å²) in [6.07, 6.45) is 4.72. The van der Waals surface area contributed by atoms with Gasteiger partial charge in [-0.25, -0.2) is 18.7 Å². The number of ether oxygens (including phenoxy) is 2. The van der Waals surface area contributed by atoms with Crippen LogP contribution in [0.1, 0.15) is 34.8 Å². The third-order valence-electron chi connectivity index (χ3n) is 6.23. The van der Waals surface area contributed by atoms with Gasteiger partial charge in [0, 0.05) is 37.9 Å². The Hall–Kier alpha value is -3.24. The van der Waals surface area contributed by atoms with E-state index in [9.17, 15) is 14.3 Å². The lowest BCUT2D eigenvalue weighted by molar-refractivity contribution is 0.0322. The van der Waals surface area contributed by atoms with Gasteiger partial charge in [0.2, 0.25) is 0 Å². The third-order valence-corrected chi connectivity index (χ3v) is 6.23. The molecular weight excluding hydrogens is 429 g/mol. The molecule has 4 heterocycles. The van der Waals surface area contributed by atoms with Gasteiger partial charge in [-0.1, -0.05) is 0 Å². The average molecular weight is 455 g/mol. The summed E-state index contributed by atoms with van der Waals surface area (Å²) >= 11 is 0. The summed E-state index contributed by atoms with van der Waals surface area (Å²) in [7, 11) is 0. The molecule has 0 aliphatic carbocycles. The molecule has 5 rings (SSSR count). The number of carboxylic acid groups (broad SMARTS) is 1. The molecular formula is C23H26FN5O4. The van der Waals surface area contributed by atoms with Gasteiger partial charge in [0.15, 0.2) is 5.65 Å². The zero-order valence-electron chi connectivity index (χ0n) is 18.2. The van der Waals surface area contributed by atoms with Crippen molar-refractivity contribution in [3.63, 3.8) is 0 Å². The van der Waals surface area contributed by atoms with Gasteiger partial charge in [0.25, 0.3) is 0 Å². The van der Waals surface area contributed by atoms with Crippen LogP contribution in [0.3, 0.4) is 0 Å². The largest absolute Gasteiger partial charge is 0.492 e. The number of aromatic nitrogens is 3. The van der Waals surface area contributed by atoms with Gasteiger partial charge in [-0.15, -0.1) is 0 Å². The fraction of sp³-hybridized carbons (Fsp3) is 0.435. The van der Waals surface area contributed by atoms with Gasteiger partial charge in [0.1, 0.15) is 29.6 Å². The van der Waals surface area contributed by atoms with Gasteiger partial charge in [-0.05, 0) is 37.1 Å². The fourth-order valence-electron chi connectivity index (χ4n) is 4.56. The molecule has 3 aromatic rings. The molecule has 9 nitrogen and oxygen atoms in total. The summed E-state index contributed by atoms with van der Waals surface area (Å²) in [6.45, 7) is 5.26. The molecule has 0 radical (unpaired) electrons. The lowest BCUT2D eigenvalue weighted by Gasteiger charge is -2.29. The van der Waals surface area contributed by atoms with E-state index in [4.69, 9.17) is 9.47 Å². The van der Waals surface area contributed by atoms with Crippen LogP contribution in [-0.2, 0) is 4.74 Å². The molecule has 174 valence electrons. The number of fused-ring (bicyclic) bond motifs is 1. The molecule has 1 atom stereocenters. The number of aromatic carboxylic acids is 1. The smallest absolute Gasteiger partial charge is 0.341 e. The van der Waals surface area contributed by atoms with Gasteiger partial charge >= 0.3 is 5.97 Å². The Morgan fingerprint density at radius 2 is 2.09 bits per heavy atom. The monoisotopic (exact) mass is 455 g/mol. The lowest BCUT2D eigenvalue weighted by Crippen LogP contribution is -2.38. The molecule has 2 aliphatic heterocycles. The molecule has 0 amide bonds. The Morgan fingerprint density at radius 3 is 2.91 bits per heavy atom. The maximum Gasteiger partial charge on any atom is 0.341 e. The van der Waals surface area contributed by atoms with Crippen molar-refractivity contribution < 1.29 is 23.8 Å². The van der Waals surface area contributed by atoms with Crippen LogP contribution in [0.5, 0.6) is 5.75 Å². The van der Waals surface area contributed by atoms with Crippen molar-refractivity contribution in [2.75, 3.05) is 50.9 Å². The second-order valence-corrected chi connectivity index (χ2v) is 8.25. The highest BCUT2D eigenvalue weighted by Crippen LogP contribution is 2.39. The highest BCUT2D eigenvalue weighted by molar-refractivity contribution is 5.94. The van der Waals surface area contributed by atoms with Crippen LogP contribution in [0.25, 0.3) is 5.65 Å². The minimum atomic E-state index is -1.08. The maximum atomic E-state index is 14.3. The van der Waals surface area contributed by atoms with Crippen LogP contribution < -0.4 is 9.64 Å². The highest BCUT2D eigenvalue weighted by atomic mass is 19.1. The van der Waals surface area contributed by atoms with E-state index in [1.165, 1.54) is 22.8 Å². The normalized spacial score (nSPS) is 19.3. The van der Waals surface area contributed by atoms with Crippen molar-refractivity contribution in [2.45, 2.75) is 18.9 Å². The molecule has 10 heteroatoms. The number of benzene rings is 1. The maximum absolute atomic E-state index is 14.3. The molecule has 0 spiro atoms. The average Bonchev–Trinajstić information content (AvgIpc) is 3.47. The molecule has 2 fully saturated rings. The highest BCUT2D eigenvalue weighted by Gasteiger charge is 2.30. The van der Waals surface area contributed by atoms with Crippen LogP contribution >= 0.6 is 0 Å². The Bertz CT molecular complexity index is 1150. The summed E-state index contributed by atoms with van der Waals surface area (Å²) in [6, 6.07) is 6.33. The quantitative estimate of drug-likeness (QED) is 0.581. The van der Waals surface area contributed by atoms with E-state index in [2.05, 4.69) is 19.9 Å². The summed E-state index contributed by atoms with van der Waals surface area (Å²) < 4.78 is 27.2. The second-order valence-electron chi connectivity index (χ2n) is 8.25. The second kappa shape index (κ2) is 9.32. The Balaban J connectivity index is 1.39. The first-order valence-electron chi connectivity index (χ1n) is 11.2. The van der Waals surface area contributed by atoms with Gasteiger partial charge in [-0.3, -0.25) is 4.90 Å². The van der Waals surface area contributed by atoms with E-state index in [1.54, 1.807) is 12.3 Å². The first-order valence-corrected chi connectivity index (χ1v) is 11.2. The van der Waals surface area contributed by atoms with Gasteiger partial charge < -0.3 is 19.5 Å². The summed E-state index contributed by atoms with van der Waals surface area (Å²) in [5, 5.41) is 13.5. The van der Waals surface area contributed by atoms with Crippen molar-refractivity contribution in [3.8, 4) is 5.75 Å². The number of hydrogen-bond donors (Lipinski definition) is 1. The number of carbonyl (C=O) groups is 1. The molecule has 2 saturated heterocycles. The topological polar surface area (TPSA) is 92.4 Å². The number of hydrogen-bond acceptors (Lipinski definition) is 7. The minimum Gasteiger partial charge on any atom is -0.492 e. The zero-order chi connectivity index (χ0) is 22.8. The van der Waals surface area contributed by atoms with Crippen LogP contribution in [0.2, 0.25) is 0 Å². The van der Waals surface area contributed by atoms with Crippen molar-refractivity contribution in [1.82, 2.24) is 19.5 Å². The molecule has 0 saturated carbocycles. The van der Waals surface area contributed by atoms with E-state index in [0.717, 1.165) is 57.8 Å². The molecule has 33 heavy (non-hydrogen) atoms. The fourth-order valence-corrected chi connectivity index (χ4v) is 4.56. The van der Waals surface area contributed by atoms with Crippen LogP contribution in [0, 0.1) is 5.82 Å². The van der Waals surface area contributed by atoms with Crippen molar-refractivity contribution >= 4 is 17.4 Å². The van der Waals surface area contributed by atoms with Crippen molar-refractivity contribution in [2.24, 2.45) is 0 Å². The lowest BCUT2D eigenvalue weighted by atomic mass is 10.0. The van der Waals surface area contributed by atoms with Crippen molar-refractivity contribution in [1.29, 1.82) is 0 Å². The summed E-state index contributed by atoms with van der Waals surface area (Å²) in [5.41, 5.74) is 1.11. The summed E-state index contributed by atoms with van der Waals surface area (Å²) in [4.78, 5) is 20.5. The number of carboxylic acids is 1. The molecule has 0 bridgehead atoms. The first kappa shape index (κ1) is 21.6. The summed E-state index contributed by atoms with van der Waals surface area (Å²) in [5.74, 6) is -0.0896. The number of nitrogens with zero attached hydrogens (tertiary/aromatic N) is 5. The van der Waals surface area contributed by atoms with Crippen LogP contribution in [0.4, 0.5) is 10.2 Å². The number of morpholine rings is 1. The first-order chi connectivity index (χ1) is 16.1. The van der Waals surface area contributed by atoms with E-state index in [1.807, 2.05) is 6.07 Å². The van der Waals surface area contributed by atoms with E-state index >= 15 is 0 Å². The van der Waals surface area contributed by atoms with Gasteiger partial charge in [0.05, 0.1) is 25.5 Å². The standard InChI is InChI=1S/C23H26FN5O4/c24-16-3-4-20(33-13-10-27-8-11-32-12-9-27)17(14-16)19-2-1-6-28(19)21-5-7-29-22(26-21)18(15-25-29)23(30)31/h3-5,7,14-15,19H,1-2,6,8-13H2,(H,30,31). The van der Waals surface area contributed by atoms with Crippen LogP contribution in [-0.4, -0.2) is 76.6 Å². The van der Waals surface area contributed by atoms with E-state index in [0.29, 0.717) is 18.2 Å². The van der Waals surface area contributed by atoms with Gasteiger partial charge in [-0.2, -0.15) is 5.10 Å². The Morgan fingerprint density at radius 1 is 1.24 bits per heavy atom. The SMILES string of the molecule is O=C(O)c1cnn2ccc(N3CCCC3c3cc(F)ccc3OCCN3CCOCC3)nc12. The molecule has 2 aromatic heterocycles. The Labute approximate surface area is 190 Å².